The van der Waals surface area contributed by atoms with E-state index in [0.717, 1.165) is 65.7 Å². The van der Waals surface area contributed by atoms with Crippen molar-refractivity contribution in [3.8, 4) is 11.4 Å². The third-order valence-electron chi connectivity index (χ3n) is 6.23. The minimum Gasteiger partial charge on any atom is -0.356 e. The number of aromatic amines is 1. The molecule has 27 heavy (non-hydrogen) atoms. The van der Waals surface area contributed by atoms with Crippen LogP contribution in [0.1, 0.15) is 30.7 Å². The first-order chi connectivity index (χ1) is 13.1. The van der Waals surface area contributed by atoms with Crippen molar-refractivity contribution in [3.05, 3.63) is 29.8 Å². The van der Waals surface area contributed by atoms with E-state index in [0.29, 0.717) is 5.41 Å². The zero-order valence-electron chi connectivity index (χ0n) is 15.9. The van der Waals surface area contributed by atoms with Crippen LogP contribution in [0.2, 0.25) is 0 Å². The number of hydrogen-bond donors (Lipinski definition) is 2. The van der Waals surface area contributed by atoms with Gasteiger partial charge in [-0.2, -0.15) is 5.10 Å². The van der Waals surface area contributed by atoms with E-state index in [1.165, 1.54) is 19.3 Å². The van der Waals surface area contributed by atoms with Crippen LogP contribution >= 0.6 is 0 Å². The van der Waals surface area contributed by atoms with Crippen molar-refractivity contribution in [1.29, 1.82) is 0 Å². The van der Waals surface area contributed by atoms with Gasteiger partial charge in [0.1, 0.15) is 5.82 Å². The Morgan fingerprint density at radius 2 is 1.96 bits per heavy atom. The van der Waals surface area contributed by atoms with Gasteiger partial charge in [-0.05, 0) is 51.1 Å². The Morgan fingerprint density at radius 3 is 2.67 bits per heavy atom. The summed E-state index contributed by atoms with van der Waals surface area (Å²) in [7, 11) is 0. The molecule has 0 unspecified atom stereocenters. The van der Waals surface area contributed by atoms with Gasteiger partial charge in [0, 0.05) is 36.9 Å². The molecule has 2 aliphatic heterocycles. The maximum Gasteiger partial charge on any atom is 0.165 e. The Bertz CT molecular complexity index is 977. The van der Waals surface area contributed by atoms with Gasteiger partial charge < -0.3 is 10.2 Å². The van der Waals surface area contributed by atoms with Crippen molar-refractivity contribution in [3.63, 3.8) is 0 Å². The molecule has 0 atom stereocenters. The molecule has 140 valence electrons. The van der Waals surface area contributed by atoms with Gasteiger partial charge in [-0.1, -0.05) is 0 Å². The quantitative estimate of drug-likeness (QED) is 0.728. The Balaban J connectivity index is 1.57. The number of pyridine rings is 1. The summed E-state index contributed by atoms with van der Waals surface area (Å²) < 4.78 is 0. The lowest BCUT2D eigenvalue weighted by Gasteiger charge is -2.39. The summed E-state index contributed by atoms with van der Waals surface area (Å²) in [5, 5.41) is 11.8. The van der Waals surface area contributed by atoms with Gasteiger partial charge in [0.25, 0.3) is 0 Å². The number of H-pyrrole nitrogens is 1. The van der Waals surface area contributed by atoms with Crippen LogP contribution in [0.5, 0.6) is 0 Å². The molecule has 2 N–H and O–H groups in total. The van der Waals surface area contributed by atoms with E-state index in [4.69, 9.17) is 9.97 Å². The minimum absolute atomic E-state index is 0.487. The normalized spacial score (nSPS) is 19.3. The molecule has 2 saturated heterocycles. The maximum atomic E-state index is 5.00. The Morgan fingerprint density at radius 1 is 1.11 bits per heavy atom. The molecule has 0 bridgehead atoms. The van der Waals surface area contributed by atoms with Crippen LogP contribution in [0.3, 0.4) is 0 Å². The fourth-order valence-electron chi connectivity index (χ4n) is 4.48. The summed E-state index contributed by atoms with van der Waals surface area (Å²) >= 11 is 0. The molecule has 5 rings (SSSR count). The van der Waals surface area contributed by atoms with E-state index in [2.05, 4.69) is 31.5 Å². The number of anilines is 1. The van der Waals surface area contributed by atoms with Crippen LogP contribution in [-0.4, -0.2) is 51.3 Å². The molecular formula is C20H25N7. The summed E-state index contributed by atoms with van der Waals surface area (Å²) in [5.74, 6) is 1.75. The second-order valence-electron chi connectivity index (χ2n) is 8.01. The highest BCUT2D eigenvalue weighted by atomic mass is 15.2. The number of nitrogens with zero attached hydrogens (tertiary/aromatic N) is 5. The maximum absolute atomic E-state index is 5.00. The third-order valence-corrected chi connectivity index (χ3v) is 6.23. The summed E-state index contributed by atoms with van der Waals surface area (Å²) in [5.41, 5.74) is 4.24. The van der Waals surface area contributed by atoms with E-state index in [9.17, 15) is 0 Å². The lowest BCUT2D eigenvalue weighted by Crippen LogP contribution is -2.41. The van der Waals surface area contributed by atoms with Crippen molar-refractivity contribution in [2.24, 2.45) is 5.41 Å². The van der Waals surface area contributed by atoms with Gasteiger partial charge in [-0.15, -0.1) is 0 Å². The monoisotopic (exact) mass is 363 g/mol. The molecule has 0 radical (unpaired) electrons. The van der Waals surface area contributed by atoms with E-state index in [-0.39, 0.29) is 0 Å². The standard InChI is InChI=1S/C20H25N7/c1-13-9-15-17(11-22-13)24-18(16-10-23-26-14(16)2)25-19(15)27-7-4-20(5-8-27)3-6-21-12-20/h9-11,21H,3-8,12H2,1-2H3,(H,23,26). The molecule has 2 fully saturated rings. The Labute approximate surface area is 158 Å². The molecule has 2 aliphatic rings. The molecule has 3 aromatic heterocycles. The van der Waals surface area contributed by atoms with Crippen LogP contribution in [0, 0.1) is 19.3 Å². The number of aryl methyl sites for hydroxylation is 2. The lowest BCUT2D eigenvalue weighted by molar-refractivity contribution is 0.247. The first-order valence-corrected chi connectivity index (χ1v) is 9.74. The van der Waals surface area contributed by atoms with Crippen molar-refractivity contribution >= 4 is 16.7 Å². The summed E-state index contributed by atoms with van der Waals surface area (Å²) in [6.07, 6.45) is 7.47. The molecule has 7 nitrogen and oxygen atoms in total. The molecule has 0 aromatic carbocycles. The third kappa shape index (κ3) is 2.86. The number of piperidine rings is 1. The fourth-order valence-corrected chi connectivity index (χ4v) is 4.48. The number of aromatic nitrogens is 5. The average molecular weight is 363 g/mol. The predicted octanol–water partition coefficient (Wildman–Crippen LogP) is 2.61. The van der Waals surface area contributed by atoms with Crippen molar-refractivity contribution in [2.45, 2.75) is 33.1 Å². The van der Waals surface area contributed by atoms with Crippen LogP contribution in [0.4, 0.5) is 5.82 Å². The van der Waals surface area contributed by atoms with Crippen LogP contribution in [0.25, 0.3) is 22.3 Å². The van der Waals surface area contributed by atoms with Crippen molar-refractivity contribution in [1.82, 2.24) is 30.5 Å². The number of nitrogens with one attached hydrogen (secondary N) is 2. The van der Waals surface area contributed by atoms with Gasteiger partial charge in [-0.3, -0.25) is 10.1 Å². The first kappa shape index (κ1) is 16.6. The summed E-state index contributed by atoms with van der Waals surface area (Å²) in [4.78, 5) is 16.7. The number of rotatable bonds is 2. The molecule has 0 amide bonds. The molecule has 7 heteroatoms. The fraction of sp³-hybridized carbons (Fsp3) is 0.500. The molecular weight excluding hydrogens is 338 g/mol. The highest BCUT2D eigenvalue weighted by Crippen LogP contribution is 2.39. The molecule has 3 aromatic rings. The summed E-state index contributed by atoms with van der Waals surface area (Å²) in [6.45, 7) is 8.40. The van der Waals surface area contributed by atoms with E-state index < -0.39 is 0 Å². The van der Waals surface area contributed by atoms with Crippen molar-refractivity contribution < 1.29 is 0 Å². The highest BCUT2D eigenvalue weighted by molar-refractivity contribution is 5.91. The zero-order chi connectivity index (χ0) is 18.4. The molecule has 0 aliphatic carbocycles. The van der Waals surface area contributed by atoms with Gasteiger partial charge in [-0.25, -0.2) is 9.97 Å². The molecule has 0 saturated carbocycles. The van der Waals surface area contributed by atoms with Crippen LogP contribution < -0.4 is 10.2 Å². The van der Waals surface area contributed by atoms with Crippen LogP contribution in [-0.2, 0) is 0 Å². The smallest absolute Gasteiger partial charge is 0.165 e. The van der Waals surface area contributed by atoms with Gasteiger partial charge in [0.2, 0.25) is 0 Å². The highest BCUT2D eigenvalue weighted by Gasteiger charge is 2.37. The van der Waals surface area contributed by atoms with E-state index >= 15 is 0 Å². The first-order valence-electron chi connectivity index (χ1n) is 9.74. The van der Waals surface area contributed by atoms with Crippen molar-refractivity contribution in [2.75, 3.05) is 31.1 Å². The number of fused-ring (bicyclic) bond motifs is 1. The second-order valence-corrected chi connectivity index (χ2v) is 8.01. The molecule has 5 heterocycles. The average Bonchev–Trinajstić information content (AvgIpc) is 3.31. The topological polar surface area (TPSA) is 82.6 Å². The molecule has 1 spiro atoms. The van der Waals surface area contributed by atoms with E-state index in [1.54, 1.807) is 0 Å². The summed E-state index contributed by atoms with van der Waals surface area (Å²) in [6, 6.07) is 2.11. The van der Waals surface area contributed by atoms with E-state index in [1.807, 2.05) is 26.2 Å². The van der Waals surface area contributed by atoms with Crippen LogP contribution in [0.15, 0.2) is 18.5 Å². The lowest BCUT2D eigenvalue weighted by atomic mass is 9.78. The second kappa shape index (κ2) is 6.27. The minimum atomic E-state index is 0.487. The SMILES string of the molecule is Cc1cc2c(N3CCC4(CCNC4)CC3)nc(-c3c[nH]nc3C)nc2cn1. The number of hydrogen-bond acceptors (Lipinski definition) is 6. The Kier molecular flexibility index (Phi) is 3.86. The van der Waals surface area contributed by atoms with Gasteiger partial charge in [0.05, 0.1) is 23.0 Å². The zero-order valence-corrected chi connectivity index (χ0v) is 15.9. The predicted molar refractivity (Wildman–Crippen MR) is 106 cm³/mol. The van der Waals surface area contributed by atoms with Gasteiger partial charge in [0.15, 0.2) is 5.82 Å². The largest absolute Gasteiger partial charge is 0.356 e. The van der Waals surface area contributed by atoms with Gasteiger partial charge >= 0.3 is 0 Å². The Hall–Kier alpha value is -2.54.